The maximum absolute atomic E-state index is 11.9. The van der Waals surface area contributed by atoms with Gasteiger partial charge in [0.25, 0.3) is 0 Å². The Morgan fingerprint density at radius 2 is 1.95 bits per heavy atom. The second kappa shape index (κ2) is 7.11. The fraction of sp³-hybridized carbons (Fsp3) is 0.500. The van der Waals surface area contributed by atoms with Gasteiger partial charge in [-0.1, -0.05) is 6.92 Å². The summed E-state index contributed by atoms with van der Waals surface area (Å²) in [5, 5.41) is 2.78. The predicted octanol–water partition coefficient (Wildman–Crippen LogP) is 1.78. The maximum atomic E-state index is 11.9. The molecule has 0 aliphatic rings. The minimum Gasteiger partial charge on any atom is -0.491 e. The third kappa shape index (κ3) is 4.89. The van der Waals surface area contributed by atoms with Crippen LogP contribution in [0, 0.1) is 0 Å². The first-order valence-corrected chi connectivity index (χ1v) is 6.31. The molecule has 1 aromatic carbocycles. The van der Waals surface area contributed by atoms with E-state index in [2.05, 4.69) is 5.32 Å². The van der Waals surface area contributed by atoms with Crippen molar-refractivity contribution < 1.29 is 14.3 Å². The Kier molecular flexibility index (Phi) is 5.79. The number of carbonyl (C=O) groups excluding carboxylic acids is 1. The summed E-state index contributed by atoms with van der Waals surface area (Å²) in [6, 6.07) is 7.16. The summed E-state index contributed by atoms with van der Waals surface area (Å²) in [6.07, 6.45) is 0.580. The molecule has 1 atom stereocenters. The molecule has 106 valence electrons. The molecule has 0 saturated heterocycles. The highest BCUT2D eigenvalue weighted by molar-refractivity contribution is 5.97. The molecule has 0 saturated carbocycles. The number of nitrogens with one attached hydrogen (secondary N) is 1. The third-order valence-corrected chi connectivity index (χ3v) is 2.92. The first-order chi connectivity index (χ1) is 8.99. The van der Waals surface area contributed by atoms with Crippen molar-refractivity contribution in [3.05, 3.63) is 24.3 Å². The van der Waals surface area contributed by atoms with Crippen LogP contribution in [0.4, 0.5) is 5.69 Å². The number of benzene rings is 1. The standard InChI is InChI=1S/C14H22N2O3/c1-4-14(2,15)13(17)16-11-5-7-12(8-6-11)19-10-9-18-3/h5-8H,4,9-10,15H2,1-3H3,(H,16,17). The Hall–Kier alpha value is -1.59. The number of hydrogen-bond acceptors (Lipinski definition) is 4. The molecule has 0 spiro atoms. The fourth-order valence-corrected chi connectivity index (χ4v) is 1.31. The van der Waals surface area contributed by atoms with E-state index in [-0.39, 0.29) is 5.91 Å². The lowest BCUT2D eigenvalue weighted by atomic mass is 9.99. The van der Waals surface area contributed by atoms with Gasteiger partial charge in [0, 0.05) is 12.8 Å². The molecule has 0 aromatic heterocycles. The summed E-state index contributed by atoms with van der Waals surface area (Å²) in [7, 11) is 1.62. The topological polar surface area (TPSA) is 73.6 Å². The van der Waals surface area contributed by atoms with Crippen molar-refractivity contribution in [1.29, 1.82) is 0 Å². The molecular weight excluding hydrogens is 244 g/mol. The third-order valence-electron chi connectivity index (χ3n) is 2.92. The molecule has 0 bridgehead atoms. The van der Waals surface area contributed by atoms with E-state index in [4.69, 9.17) is 15.2 Å². The highest BCUT2D eigenvalue weighted by Gasteiger charge is 2.25. The van der Waals surface area contributed by atoms with Gasteiger partial charge in [-0.05, 0) is 37.6 Å². The quantitative estimate of drug-likeness (QED) is 0.738. The summed E-state index contributed by atoms with van der Waals surface area (Å²) in [6.45, 7) is 4.64. The van der Waals surface area contributed by atoms with Crippen LogP contribution in [0.2, 0.25) is 0 Å². The van der Waals surface area contributed by atoms with Crippen LogP contribution in [0.15, 0.2) is 24.3 Å². The zero-order valence-corrected chi connectivity index (χ0v) is 11.7. The Labute approximate surface area is 114 Å². The monoisotopic (exact) mass is 266 g/mol. The van der Waals surface area contributed by atoms with E-state index < -0.39 is 5.54 Å². The SMILES string of the molecule is CCC(C)(N)C(=O)Nc1ccc(OCCOC)cc1. The summed E-state index contributed by atoms with van der Waals surface area (Å²) < 4.78 is 10.3. The lowest BCUT2D eigenvalue weighted by Gasteiger charge is -2.21. The molecule has 1 aromatic rings. The lowest BCUT2D eigenvalue weighted by Crippen LogP contribution is -2.47. The molecule has 1 rings (SSSR count). The molecule has 0 radical (unpaired) electrons. The van der Waals surface area contributed by atoms with Crippen molar-refractivity contribution in [2.45, 2.75) is 25.8 Å². The number of hydrogen-bond donors (Lipinski definition) is 2. The van der Waals surface area contributed by atoms with Crippen molar-refractivity contribution >= 4 is 11.6 Å². The Morgan fingerprint density at radius 3 is 2.47 bits per heavy atom. The number of carbonyl (C=O) groups is 1. The van der Waals surface area contributed by atoms with Gasteiger partial charge in [-0.2, -0.15) is 0 Å². The molecule has 0 heterocycles. The molecule has 0 fully saturated rings. The summed E-state index contributed by atoms with van der Waals surface area (Å²) in [5.41, 5.74) is 5.72. The Bertz CT molecular complexity index is 402. The zero-order chi connectivity index (χ0) is 14.3. The summed E-state index contributed by atoms with van der Waals surface area (Å²) in [4.78, 5) is 11.9. The lowest BCUT2D eigenvalue weighted by molar-refractivity contribution is -0.120. The Morgan fingerprint density at radius 1 is 1.32 bits per heavy atom. The van der Waals surface area contributed by atoms with E-state index in [1.54, 1.807) is 38.3 Å². The van der Waals surface area contributed by atoms with Crippen molar-refractivity contribution in [3.63, 3.8) is 0 Å². The molecule has 5 nitrogen and oxygen atoms in total. The van der Waals surface area contributed by atoms with Gasteiger partial charge in [0.15, 0.2) is 0 Å². The number of amides is 1. The maximum Gasteiger partial charge on any atom is 0.244 e. The van der Waals surface area contributed by atoms with E-state index in [0.29, 0.717) is 25.3 Å². The van der Waals surface area contributed by atoms with Crippen LogP contribution in [0.3, 0.4) is 0 Å². The molecule has 1 unspecified atom stereocenters. The fourth-order valence-electron chi connectivity index (χ4n) is 1.31. The number of ether oxygens (including phenoxy) is 2. The van der Waals surface area contributed by atoms with Gasteiger partial charge >= 0.3 is 0 Å². The van der Waals surface area contributed by atoms with Gasteiger partial charge in [0.1, 0.15) is 12.4 Å². The molecular formula is C14H22N2O3. The van der Waals surface area contributed by atoms with Gasteiger partial charge in [-0.25, -0.2) is 0 Å². The molecule has 19 heavy (non-hydrogen) atoms. The molecule has 0 aliphatic carbocycles. The van der Waals surface area contributed by atoms with Crippen molar-refractivity contribution in [2.75, 3.05) is 25.6 Å². The minimum atomic E-state index is -0.854. The van der Waals surface area contributed by atoms with Gasteiger partial charge < -0.3 is 20.5 Å². The van der Waals surface area contributed by atoms with Crippen LogP contribution in [-0.4, -0.2) is 31.8 Å². The van der Waals surface area contributed by atoms with Crippen LogP contribution >= 0.6 is 0 Å². The van der Waals surface area contributed by atoms with Crippen LogP contribution < -0.4 is 15.8 Å². The number of nitrogens with two attached hydrogens (primary N) is 1. The number of rotatable bonds is 7. The highest BCUT2D eigenvalue weighted by Crippen LogP contribution is 2.17. The second-order valence-corrected chi connectivity index (χ2v) is 4.59. The molecule has 1 amide bonds. The van der Waals surface area contributed by atoms with E-state index in [0.717, 1.165) is 5.75 Å². The first-order valence-electron chi connectivity index (χ1n) is 6.31. The van der Waals surface area contributed by atoms with Crippen LogP contribution in [0.5, 0.6) is 5.75 Å². The largest absolute Gasteiger partial charge is 0.491 e. The van der Waals surface area contributed by atoms with Crippen LogP contribution in [0.1, 0.15) is 20.3 Å². The van der Waals surface area contributed by atoms with E-state index in [1.165, 1.54) is 0 Å². The van der Waals surface area contributed by atoms with Gasteiger partial charge in [-0.15, -0.1) is 0 Å². The predicted molar refractivity (Wildman–Crippen MR) is 75.3 cm³/mol. The highest BCUT2D eigenvalue weighted by atomic mass is 16.5. The normalized spacial score (nSPS) is 13.7. The number of anilines is 1. The number of methoxy groups -OCH3 is 1. The second-order valence-electron chi connectivity index (χ2n) is 4.59. The van der Waals surface area contributed by atoms with Crippen LogP contribution in [-0.2, 0) is 9.53 Å². The van der Waals surface area contributed by atoms with Gasteiger partial charge in [0.05, 0.1) is 12.1 Å². The first kappa shape index (κ1) is 15.5. The minimum absolute atomic E-state index is 0.192. The molecule has 5 heteroatoms. The summed E-state index contributed by atoms with van der Waals surface area (Å²) in [5.74, 6) is 0.545. The molecule has 0 aliphatic heterocycles. The van der Waals surface area contributed by atoms with Gasteiger partial charge in [0.2, 0.25) is 5.91 Å². The van der Waals surface area contributed by atoms with E-state index in [9.17, 15) is 4.79 Å². The van der Waals surface area contributed by atoms with Crippen LogP contribution in [0.25, 0.3) is 0 Å². The van der Waals surface area contributed by atoms with Crippen molar-refractivity contribution in [2.24, 2.45) is 5.73 Å². The Balaban J connectivity index is 2.55. The van der Waals surface area contributed by atoms with Gasteiger partial charge in [-0.3, -0.25) is 4.79 Å². The van der Waals surface area contributed by atoms with E-state index in [1.807, 2.05) is 6.92 Å². The smallest absolute Gasteiger partial charge is 0.244 e. The molecule has 3 N–H and O–H groups in total. The average Bonchev–Trinajstić information content (AvgIpc) is 2.41. The van der Waals surface area contributed by atoms with E-state index >= 15 is 0 Å². The average molecular weight is 266 g/mol. The zero-order valence-electron chi connectivity index (χ0n) is 11.7. The van der Waals surface area contributed by atoms with Crippen molar-refractivity contribution in [3.8, 4) is 5.75 Å². The van der Waals surface area contributed by atoms with Crippen molar-refractivity contribution in [1.82, 2.24) is 0 Å². The summed E-state index contributed by atoms with van der Waals surface area (Å²) >= 11 is 0.